The Labute approximate surface area is 105 Å². The molecule has 102 valence electrons. The van der Waals surface area contributed by atoms with Gasteiger partial charge in [-0.15, -0.1) is 0 Å². The maximum absolute atomic E-state index is 12.4. The lowest BCUT2D eigenvalue weighted by atomic mass is 10.0. The molecule has 0 aliphatic rings. The molecule has 1 rings (SSSR count). The zero-order chi connectivity index (χ0) is 13.9. The van der Waals surface area contributed by atoms with Crippen LogP contribution >= 0.6 is 0 Å². The monoisotopic (exact) mass is 261 g/mol. The lowest BCUT2D eigenvalue weighted by Gasteiger charge is -2.29. The minimum atomic E-state index is -4.23. The molecule has 0 heterocycles. The quantitative estimate of drug-likeness (QED) is 0.894. The topological polar surface area (TPSA) is 23.5 Å². The molecule has 0 aliphatic carbocycles. The van der Waals surface area contributed by atoms with Crippen LogP contribution in [0.15, 0.2) is 18.2 Å². The van der Waals surface area contributed by atoms with Crippen LogP contribution in [0, 0.1) is 6.92 Å². The predicted octanol–water partition coefficient (Wildman–Crippen LogP) is 3.65. The summed E-state index contributed by atoms with van der Waals surface area (Å²) >= 11 is 0. The number of aromatic hydroxyl groups is 1. The van der Waals surface area contributed by atoms with E-state index in [1.165, 1.54) is 11.0 Å². The van der Waals surface area contributed by atoms with Crippen molar-refractivity contribution in [1.29, 1.82) is 0 Å². The zero-order valence-electron chi connectivity index (χ0n) is 10.8. The maximum atomic E-state index is 12.4. The van der Waals surface area contributed by atoms with E-state index in [4.69, 9.17) is 0 Å². The summed E-state index contributed by atoms with van der Waals surface area (Å²) in [4.78, 5) is 1.29. The highest BCUT2D eigenvalue weighted by atomic mass is 19.4. The van der Waals surface area contributed by atoms with Crippen molar-refractivity contribution in [3.63, 3.8) is 0 Å². The van der Waals surface area contributed by atoms with Crippen molar-refractivity contribution in [2.24, 2.45) is 0 Å². The third-order valence-corrected chi connectivity index (χ3v) is 2.97. The van der Waals surface area contributed by atoms with Crippen LogP contribution in [0.4, 0.5) is 13.2 Å². The van der Waals surface area contributed by atoms with Crippen molar-refractivity contribution in [1.82, 2.24) is 4.90 Å². The molecule has 0 spiro atoms. The van der Waals surface area contributed by atoms with Crippen LogP contribution in [-0.4, -0.2) is 29.3 Å². The van der Waals surface area contributed by atoms with Gasteiger partial charge in [-0.25, -0.2) is 0 Å². The van der Waals surface area contributed by atoms with Crippen LogP contribution in [0.2, 0.25) is 0 Å². The molecule has 0 saturated carbocycles. The van der Waals surface area contributed by atoms with Gasteiger partial charge in [-0.1, -0.05) is 24.6 Å². The van der Waals surface area contributed by atoms with E-state index in [0.717, 1.165) is 5.56 Å². The second-order valence-electron chi connectivity index (χ2n) is 4.42. The summed E-state index contributed by atoms with van der Waals surface area (Å²) in [5.74, 6) is 0.0359. The molecule has 0 radical (unpaired) electrons. The maximum Gasteiger partial charge on any atom is 0.401 e. The first-order valence-electron chi connectivity index (χ1n) is 5.85. The van der Waals surface area contributed by atoms with Gasteiger partial charge < -0.3 is 5.11 Å². The van der Waals surface area contributed by atoms with Crippen molar-refractivity contribution in [3.05, 3.63) is 29.3 Å². The Morgan fingerprint density at radius 1 is 1.33 bits per heavy atom. The van der Waals surface area contributed by atoms with Crippen molar-refractivity contribution in [3.8, 4) is 5.75 Å². The minimum absolute atomic E-state index is 0.0359. The summed E-state index contributed by atoms with van der Waals surface area (Å²) in [6, 6.07) is 4.49. The van der Waals surface area contributed by atoms with Crippen molar-refractivity contribution < 1.29 is 18.3 Å². The van der Waals surface area contributed by atoms with Crippen LogP contribution in [0.1, 0.15) is 31.0 Å². The van der Waals surface area contributed by atoms with Gasteiger partial charge in [-0.2, -0.15) is 13.2 Å². The molecular formula is C13H18F3NO. The Bertz CT molecular complexity index is 404. The normalized spacial score (nSPS) is 13.9. The van der Waals surface area contributed by atoms with Gasteiger partial charge in [-0.05, 0) is 26.5 Å². The number of alkyl halides is 3. The third-order valence-electron chi connectivity index (χ3n) is 2.97. The van der Waals surface area contributed by atoms with Crippen molar-refractivity contribution in [2.45, 2.75) is 33.0 Å². The summed E-state index contributed by atoms with van der Waals surface area (Å²) in [7, 11) is 0. The molecule has 1 N–H and O–H groups in total. The molecular weight excluding hydrogens is 243 g/mol. The molecule has 0 amide bonds. The van der Waals surface area contributed by atoms with Crippen LogP contribution in [-0.2, 0) is 0 Å². The lowest BCUT2D eigenvalue weighted by Crippen LogP contribution is -2.36. The van der Waals surface area contributed by atoms with Crippen molar-refractivity contribution >= 4 is 0 Å². The lowest BCUT2D eigenvalue weighted by molar-refractivity contribution is -0.150. The van der Waals surface area contributed by atoms with E-state index in [-0.39, 0.29) is 12.3 Å². The van der Waals surface area contributed by atoms with Crippen LogP contribution < -0.4 is 0 Å². The number of phenolic OH excluding ortho intramolecular Hbond substituents is 1. The summed E-state index contributed by atoms with van der Waals surface area (Å²) in [6.45, 7) is 4.49. The highest BCUT2D eigenvalue weighted by Crippen LogP contribution is 2.31. The summed E-state index contributed by atoms with van der Waals surface area (Å²) in [6.07, 6.45) is -4.23. The first kappa shape index (κ1) is 14.8. The Kier molecular flexibility index (Phi) is 4.62. The fraction of sp³-hybridized carbons (Fsp3) is 0.538. The number of halogens is 3. The first-order valence-corrected chi connectivity index (χ1v) is 5.85. The average molecular weight is 261 g/mol. The smallest absolute Gasteiger partial charge is 0.401 e. The molecule has 0 bridgehead atoms. The first-order chi connectivity index (χ1) is 8.24. The molecule has 0 aromatic heterocycles. The van der Waals surface area contributed by atoms with E-state index < -0.39 is 18.8 Å². The molecule has 5 heteroatoms. The van der Waals surface area contributed by atoms with E-state index in [2.05, 4.69) is 0 Å². The SMILES string of the molecule is CCN(CC(F)(F)F)C(C)c1cc(C)ccc1O. The van der Waals surface area contributed by atoms with E-state index in [1.807, 2.05) is 6.92 Å². The molecule has 1 aromatic rings. The zero-order valence-corrected chi connectivity index (χ0v) is 10.8. The molecule has 18 heavy (non-hydrogen) atoms. The number of hydrogen-bond donors (Lipinski definition) is 1. The summed E-state index contributed by atoms with van der Waals surface area (Å²) in [5.41, 5.74) is 1.44. The highest BCUT2D eigenvalue weighted by Gasteiger charge is 2.32. The summed E-state index contributed by atoms with van der Waals surface area (Å²) < 4.78 is 37.3. The average Bonchev–Trinajstić information content (AvgIpc) is 2.27. The van der Waals surface area contributed by atoms with Gasteiger partial charge in [0.2, 0.25) is 0 Å². The Morgan fingerprint density at radius 3 is 2.44 bits per heavy atom. The van der Waals surface area contributed by atoms with E-state index >= 15 is 0 Å². The summed E-state index contributed by atoms with van der Waals surface area (Å²) in [5, 5.41) is 9.74. The number of nitrogens with zero attached hydrogens (tertiary/aromatic N) is 1. The molecule has 0 saturated heterocycles. The standard InChI is InChI=1S/C13H18F3NO/c1-4-17(8-13(14,15)16)10(3)11-7-9(2)5-6-12(11)18/h5-7,10,18H,4,8H2,1-3H3. The molecule has 1 unspecified atom stereocenters. The van der Waals surface area contributed by atoms with Crippen LogP contribution in [0.3, 0.4) is 0 Å². The van der Waals surface area contributed by atoms with Gasteiger partial charge in [0, 0.05) is 11.6 Å². The van der Waals surface area contributed by atoms with E-state index in [9.17, 15) is 18.3 Å². The molecule has 1 atom stereocenters. The predicted molar refractivity (Wildman–Crippen MR) is 64.6 cm³/mol. The molecule has 0 aliphatic heterocycles. The molecule has 2 nitrogen and oxygen atoms in total. The van der Waals surface area contributed by atoms with Gasteiger partial charge >= 0.3 is 6.18 Å². The molecule has 0 fully saturated rings. The fourth-order valence-corrected chi connectivity index (χ4v) is 1.96. The Morgan fingerprint density at radius 2 is 1.94 bits per heavy atom. The van der Waals surface area contributed by atoms with E-state index in [0.29, 0.717) is 5.56 Å². The number of benzene rings is 1. The fourth-order valence-electron chi connectivity index (χ4n) is 1.96. The second kappa shape index (κ2) is 5.61. The van der Waals surface area contributed by atoms with Gasteiger partial charge in [0.15, 0.2) is 0 Å². The number of hydrogen-bond acceptors (Lipinski definition) is 2. The van der Waals surface area contributed by atoms with Crippen LogP contribution in [0.5, 0.6) is 5.75 Å². The number of aryl methyl sites for hydroxylation is 1. The largest absolute Gasteiger partial charge is 0.508 e. The van der Waals surface area contributed by atoms with Crippen molar-refractivity contribution in [2.75, 3.05) is 13.1 Å². The Hall–Kier alpha value is -1.23. The van der Waals surface area contributed by atoms with Gasteiger partial charge in [0.25, 0.3) is 0 Å². The third kappa shape index (κ3) is 3.91. The Balaban J connectivity index is 2.96. The van der Waals surface area contributed by atoms with Gasteiger partial charge in [0.05, 0.1) is 6.54 Å². The van der Waals surface area contributed by atoms with E-state index in [1.54, 1.807) is 26.0 Å². The van der Waals surface area contributed by atoms with Gasteiger partial charge in [-0.3, -0.25) is 4.90 Å². The van der Waals surface area contributed by atoms with Gasteiger partial charge in [0.1, 0.15) is 5.75 Å². The minimum Gasteiger partial charge on any atom is -0.508 e. The highest BCUT2D eigenvalue weighted by molar-refractivity contribution is 5.37. The molecule has 1 aromatic carbocycles. The second-order valence-corrected chi connectivity index (χ2v) is 4.42. The van der Waals surface area contributed by atoms with Crippen LogP contribution in [0.25, 0.3) is 0 Å². The number of phenols is 1. The number of rotatable bonds is 4.